The zero-order chi connectivity index (χ0) is 37.0. The molecule has 0 aromatic heterocycles. The molecule has 51 heavy (non-hydrogen) atoms. The molecule has 0 aliphatic carbocycles. The fourth-order valence-corrected chi connectivity index (χ4v) is 6.73. The SMILES string of the molecule is C=C[C@H]1[C@H](O[C@@H]2O[C@H](CO)[C@@H](O)[C@H](O)[C@H]2O)OC=C(C(=O)OC)[C@@H]1C[C@@H]1c2cc(O)c(OC)cc2CCN1C(=O)/C=C/c1ccc(O)c(OC)c1. The van der Waals surface area contributed by atoms with Gasteiger partial charge < -0.3 is 64.0 Å². The quantitative estimate of drug-likeness (QED) is 0.110. The first-order chi connectivity index (χ1) is 24.4. The summed E-state index contributed by atoms with van der Waals surface area (Å²) in [5, 5.41) is 61.7. The maximum atomic E-state index is 14.0. The molecule has 1 saturated heterocycles. The maximum absolute atomic E-state index is 14.0. The van der Waals surface area contributed by atoms with Gasteiger partial charge in [0.15, 0.2) is 29.3 Å². The Labute approximate surface area is 294 Å². The number of fused-ring (bicyclic) bond motifs is 1. The molecule has 3 aliphatic heterocycles. The van der Waals surface area contributed by atoms with Crippen molar-refractivity contribution in [1.82, 2.24) is 4.90 Å². The largest absolute Gasteiger partial charge is 0.504 e. The van der Waals surface area contributed by atoms with E-state index in [1.54, 1.807) is 29.2 Å². The van der Waals surface area contributed by atoms with Crippen LogP contribution in [0.4, 0.5) is 0 Å². The Balaban J connectivity index is 1.51. The first-order valence-corrected chi connectivity index (χ1v) is 16.2. The minimum atomic E-state index is -1.72. The third-order valence-corrected chi connectivity index (χ3v) is 9.50. The van der Waals surface area contributed by atoms with E-state index in [1.807, 2.05) is 0 Å². The van der Waals surface area contributed by atoms with Crippen molar-refractivity contribution in [2.45, 2.75) is 55.9 Å². The predicted octanol–water partition coefficient (Wildman–Crippen LogP) is 1.29. The van der Waals surface area contributed by atoms with E-state index in [0.29, 0.717) is 17.5 Å². The number of hydrogen-bond acceptors (Lipinski definition) is 14. The van der Waals surface area contributed by atoms with Crippen molar-refractivity contribution in [2.24, 2.45) is 11.8 Å². The first kappa shape index (κ1) is 37.6. The van der Waals surface area contributed by atoms with Crippen LogP contribution < -0.4 is 9.47 Å². The summed E-state index contributed by atoms with van der Waals surface area (Å²) < 4.78 is 32.9. The highest BCUT2D eigenvalue weighted by Gasteiger charge is 2.48. The topological polar surface area (TPSA) is 214 Å². The number of methoxy groups -OCH3 is 3. The number of phenols is 2. The van der Waals surface area contributed by atoms with Gasteiger partial charge >= 0.3 is 5.97 Å². The minimum absolute atomic E-state index is 0.0551. The van der Waals surface area contributed by atoms with Crippen LogP contribution in [0.15, 0.2) is 60.9 Å². The molecule has 3 aliphatic rings. The fourth-order valence-electron chi connectivity index (χ4n) is 6.73. The molecule has 6 N–H and O–H groups in total. The Hall–Kier alpha value is -4.64. The number of benzene rings is 2. The molecule has 0 unspecified atom stereocenters. The number of hydrogen-bond donors (Lipinski definition) is 6. The van der Waals surface area contributed by atoms with Crippen LogP contribution in [-0.4, -0.2) is 119 Å². The van der Waals surface area contributed by atoms with Gasteiger partial charge in [-0.25, -0.2) is 4.79 Å². The fraction of sp³-hybridized carbons (Fsp3) is 0.444. The Morgan fingerprint density at radius 1 is 0.980 bits per heavy atom. The van der Waals surface area contributed by atoms with Crippen LogP contribution in [0.5, 0.6) is 23.0 Å². The molecule has 0 spiro atoms. The third-order valence-electron chi connectivity index (χ3n) is 9.50. The van der Waals surface area contributed by atoms with Crippen molar-refractivity contribution in [2.75, 3.05) is 34.5 Å². The lowest BCUT2D eigenvalue weighted by Crippen LogP contribution is -2.60. The zero-order valence-electron chi connectivity index (χ0n) is 28.3. The second kappa shape index (κ2) is 16.1. The van der Waals surface area contributed by atoms with Crippen molar-refractivity contribution in [3.05, 3.63) is 77.6 Å². The van der Waals surface area contributed by atoms with E-state index >= 15 is 0 Å². The molecular weight excluding hydrogens is 670 g/mol. The molecule has 0 saturated carbocycles. The summed E-state index contributed by atoms with van der Waals surface area (Å²) in [4.78, 5) is 28.7. The number of rotatable bonds is 11. The summed E-state index contributed by atoms with van der Waals surface area (Å²) >= 11 is 0. The Bertz CT molecular complexity index is 1660. The third kappa shape index (κ3) is 7.68. The van der Waals surface area contributed by atoms with Crippen LogP contribution in [0.1, 0.15) is 29.2 Å². The van der Waals surface area contributed by atoms with Crippen LogP contribution in [0.25, 0.3) is 6.08 Å². The van der Waals surface area contributed by atoms with E-state index in [9.17, 15) is 40.2 Å². The number of phenolic OH excluding ortho intramolecular Hbond substituents is 2. The maximum Gasteiger partial charge on any atom is 0.337 e. The van der Waals surface area contributed by atoms with Gasteiger partial charge in [0, 0.05) is 24.5 Å². The lowest BCUT2D eigenvalue weighted by Gasteiger charge is -2.44. The van der Waals surface area contributed by atoms with Crippen molar-refractivity contribution in [3.63, 3.8) is 0 Å². The van der Waals surface area contributed by atoms with Gasteiger partial charge in [-0.1, -0.05) is 12.1 Å². The smallest absolute Gasteiger partial charge is 0.337 e. The molecule has 0 radical (unpaired) electrons. The molecule has 15 nitrogen and oxygen atoms in total. The monoisotopic (exact) mass is 713 g/mol. The van der Waals surface area contributed by atoms with Crippen LogP contribution in [0.3, 0.4) is 0 Å². The number of nitrogens with zero attached hydrogens (tertiary/aromatic N) is 1. The molecule has 15 heteroatoms. The normalized spacial score (nSPS) is 29.0. The van der Waals surface area contributed by atoms with Crippen LogP contribution in [-0.2, 0) is 35.0 Å². The molecule has 3 heterocycles. The minimum Gasteiger partial charge on any atom is -0.504 e. The van der Waals surface area contributed by atoms with Gasteiger partial charge in [0.05, 0.1) is 45.8 Å². The van der Waals surface area contributed by atoms with Gasteiger partial charge in [-0.15, -0.1) is 6.58 Å². The molecule has 1 amide bonds. The van der Waals surface area contributed by atoms with Crippen LogP contribution in [0.2, 0.25) is 0 Å². The van der Waals surface area contributed by atoms with Crippen LogP contribution in [0, 0.1) is 11.8 Å². The van der Waals surface area contributed by atoms with Crippen molar-refractivity contribution in [3.8, 4) is 23.0 Å². The van der Waals surface area contributed by atoms with E-state index in [1.165, 1.54) is 45.6 Å². The number of carbonyl (C=O) groups is 2. The average molecular weight is 714 g/mol. The summed E-state index contributed by atoms with van der Waals surface area (Å²) in [6, 6.07) is 7.14. The van der Waals surface area contributed by atoms with E-state index < -0.39 is 67.4 Å². The standard InChI is InChI=1S/C36H43NO14/c1-5-20-22(23(34(45)48-4)17-49-35(20)51-36-33(44)32(43)31(42)29(16-38)50-36)14-24-21-15-26(40)28(47-3)13-19(21)10-11-37(24)30(41)9-7-18-6-8-25(39)27(12-18)46-2/h5-9,12-13,15,17,20,22,24,29,31-33,35-36,38-40,42-44H,1,10-11,14,16H2,2-4H3/b9-7+/t20-,22-,24-,29-,31-,32+,33-,35+,36+/m1/s1. The Kier molecular flexibility index (Phi) is 11.9. The molecule has 0 bridgehead atoms. The lowest BCUT2D eigenvalue weighted by atomic mass is 9.76. The van der Waals surface area contributed by atoms with Gasteiger partial charge in [-0.05, 0) is 59.9 Å². The van der Waals surface area contributed by atoms with Gasteiger partial charge in [-0.3, -0.25) is 4.79 Å². The highest BCUT2D eigenvalue weighted by molar-refractivity contribution is 5.92. The molecular formula is C36H43NO14. The summed E-state index contributed by atoms with van der Waals surface area (Å²) in [5.74, 6) is -2.45. The van der Waals surface area contributed by atoms with Gasteiger partial charge in [0.1, 0.15) is 24.4 Å². The molecule has 276 valence electrons. The highest BCUT2D eigenvalue weighted by Crippen LogP contribution is 2.45. The van der Waals surface area contributed by atoms with E-state index in [4.69, 9.17) is 28.4 Å². The molecule has 1 fully saturated rings. The summed E-state index contributed by atoms with van der Waals surface area (Å²) in [7, 11) is 4.05. The second-order valence-electron chi connectivity index (χ2n) is 12.3. The number of aromatic hydroxyl groups is 2. The molecule has 9 atom stereocenters. The summed E-state index contributed by atoms with van der Waals surface area (Å²) in [5.41, 5.74) is 2.11. The highest BCUT2D eigenvalue weighted by atomic mass is 16.8. The number of aliphatic hydroxyl groups is 4. The van der Waals surface area contributed by atoms with Crippen molar-refractivity contribution in [1.29, 1.82) is 0 Å². The van der Waals surface area contributed by atoms with Gasteiger partial charge in [0.2, 0.25) is 12.2 Å². The van der Waals surface area contributed by atoms with E-state index in [2.05, 4.69) is 6.58 Å². The van der Waals surface area contributed by atoms with Crippen molar-refractivity contribution >= 4 is 18.0 Å². The molecule has 5 rings (SSSR count). The Morgan fingerprint density at radius 2 is 1.71 bits per heavy atom. The van der Waals surface area contributed by atoms with Crippen molar-refractivity contribution < 1.29 is 68.6 Å². The average Bonchev–Trinajstić information content (AvgIpc) is 3.14. The van der Waals surface area contributed by atoms with Gasteiger partial charge in [-0.2, -0.15) is 0 Å². The predicted molar refractivity (Wildman–Crippen MR) is 178 cm³/mol. The first-order valence-electron chi connectivity index (χ1n) is 16.2. The Morgan fingerprint density at radius 3 is 2.37 bits per heavy atom. The molecule has 2 aromatic rings. The summed E-state index contributed by atoms with van der Waals surface area (Å²) in [6.45, 7) is 3.53. The lowest BCUT2D eigenvalue weighted by molar-refractivity contribution is -0.339. The number of aliphatic hydroxyl groups excluding tert-OH is 4. The van der Waals surface area contributed by atoms with E-state index in [0.717, 1.165) is 11.8 Å². The molecule has 2 aromatic carbocycles. The zero-order valence-corrected chi connectivity index (χ0v) is 28.3. The van der Waals surface area contributed by atoms with E-state index in [-0.39, 0.29) is 47.4 Å². The summed E-state index contributed by atoms with van der Waals surface area (Å²) in [6.07, 6.45) is -3.00. The van der Waals surface area contributed by atoms with Gasteiger partial charge in [0.25, 0.3) is 0 Å². The number of amides is 1. The second-order valence-corrected chi connectivity index (χ2v) is 12.3. The van der Waals surface area contributed by atoms with Crippen LogP contribution >= 0.6 is 0 Å². The number of carbonyl (C=O) groups excluding carboxylic acids is 2. The number of esters is 1. The number of ether oxygens (including phenoxy) is 6.